The van der Waals surface area contributed by atoms with Crippen molar-refractivity contribution in [2.75, 3.05) is 11.4 Å². The summed E-state index contributed by atoms with van der Waals surface area (Å²) in [5.41, 5.74) is 0.659. The molecule has 0 atom stereocenters. The molecular weight excluding hydrogens is 330 g/mol. The minimum atomic E-state index is -0.180. The summed E-state index contributed by atoms with van der Waals surface area (Å²) in [5.74, 6) is -0.246. The van der Waals surface area contributed by atoms with Crippen molar-refractivity contribution in [3.63, 3.8) is 0 Å². The van der Waals surface area contributed by atoms with Gasteiger partial charge in [-0.25, -0.2) is 4.98 Å². The van der Waals surface area contributed by atoms with E-state index in [1.165, 1.54) is 4.90 Å². The molecule has 0 bridgehead atoms. The molecule has 0 radical (unpaired) electrons. The molecule has 0 spiro atoms. The minimum Gasteiger partial charge on any atom is -0.303 e. The van der Waals surface area contributed by atoms with E-state index in [2.05, 4.69) is 27.6 Å². The van der Waals surface area contributed by atoms with Gasteiger partial charge in [-0.05, 0) is 22.6 Å². The van der Waals surface area contributed by atoms with Gasteiger partial charge in [0.25, 0.3) is 0 Å². The second-order valence-electron chi connectivity index (χ2n) is 3.15. The molecule has 0 aliphatic carbocycles. The van der Waals surface area contributed by atoms with E-state index in [1.807, 2.05) is 0 Å². The van der Waals surface area contributed by atoms with Crippen LogP contribution in [0.2, 0.25) is 5.15 Å². The molecule has 1 amide bonds. The fourth-order valence-electron chi connectivity index (χ4n) is 1.41. The number of hydrogen-bond acceptors (Lipinski definition) is 3. The van der Waals surface area contributed by atoms with Crippen molar-refractivity contribution in [2.24, 2.45) is 0 Å². The molecule has 1 aromatic heterocycles. The van der Waals surface area contributed by atoms with E-state index < -0.39 is 0 Å². The maximum Gasteiger partial charge on any atom is 0.234 e. The monoisotopic (exact) mass is 336 g/mol. The molecule has 0 aromatic carbocycles. The van der Waals surface area contributed by atoms with Crippen LogP contribution in [0.5, 0.6) is 0 Å². The average Bonchev–Trinajstić information content (AvgIpc) is 2.50. The van der Waals surface area contributed by atoms with Crippen LogP contribution in [0, 0.1) is 3.57 Å². The number of ketones is 1. The highest BCUT2D eigenvalue weighted by Gasteiger charge is 2.29. The van der Waals surface area contributed by atoms with Gasteiger partial charge in [0.1, 0.15) is 5.15 Å². The van der Waals surface area contributed by atoms with Crippen LogP contribution >= 0.6 is 34.2 Å². The third-order valence-electron chi connectivity index (χ3n) is 2.08. The fourth-order valence-corrected chi connectivity index (χ4v) is 2.15. The number of rotatable bonds is 1. The van der Waals surface area contributed by atoms with Gasteiger partial charge in [-0.2, -0.15) is 0 Å². The van der Waals surface area contributed by atoms with Crippen LogP contribution in [0.25, 0.3) is 0 Å². The van der Waals surface area contributed by atoms with Gasteiger partial charge in [-0.3, -0.25) is 9.59 Å². The van der Waals surface area contributed by atoms with Gasteiger partial charge in [0.2, 0.25) is 5.91 Å². The summed E-state index contributed by atoms with van der Waals surface area (Å²) in [5, 5.41) is 0.317. The molecule has 4 nitrogen and oxygen atoms in total. The van der Waals surface area contributed by atoms with Gasteiger partial charge in [-0.15, -0.1) is 0 Å². The Kier molecular flexibility index (Phi) is 2.92. The smallest absolute Gasteiger partial charge is 0.234 e. The number of amides is 1. The first-order valence-electron chi connectivity index (χ1n) is 4.21. The number of halogens is 2. The normalized spacial score (nSPS) is 16.3. The van der Waals surface area contributed by atoms with E-state index in [0.29, 0.717) is 10.8 Å². The largest absolute Gasteiger partial charge is 0.303 e. The van der Waals surface area contributed by atoms with Crippen LogP contribution in [0.4, 0.5) is 5.69 Å². The molecule has 2 heterocycles. The first-order chi connectivity index (χ1) is 7.08. The van der Waals surface area contributed by atoms with Crippen molar-refractivity contribution in [1.82, 2.24) is 4.98 Å². The predicted molar refractivity (Wildman–Crippen MR) is 63.9 cm³/mol. The quantitative estimate of drug-likeness (QED) is 0.445. The van der Waals surface area contributed by atoms with E-state index >= 15 is 0 Å². The Morgan fingerprint density at radius 2 is 2.20 bits per heavy atom. The molecule has 15 heavy (non-hydrogen) atoms. The van der Waals surface area contributed by atoms with E-state index in [1.54, 1.807) is 12.3 Å². The molecule has 1 fully saturated rings. The summed E-state index contributed by atoms with van der Waals surface area (Å²) in [4.78, 5) is 27.9. The Hall–Kier alpha value is -0.690. The lowest BCUT2D eigenvalue weighted by atomic mass is 10.3. The number of carbonyl (C=O) groups excluding carboxylic acids is 2. The molecular formula is C9H6ClIN2O2. The van der Waals surface area contributed by atoms with Gasteiger partial charge in [-0.1, -0.05) is 11.6 Å². The average molecular weight is 337 g/mol. The van der Waals surface area contributed by atoms with Crippen LogP contribution in [-0.4, -0.2) is 23.2 Å². The topological polar surface area (TPSA) is 50.3 Å². The Morgan fingerprint density at radius 3 is 2.80 bits per heavy atom. The van der Waals surface area contributed by atoms with Gasteiger partial charge < -0.3 is 4.90 Å². The second-order valence-corrected chi connectivity index (χ2v) is 4.70. The highest BCUT2D eigenvalue weighted by molar-refractivity contribution is 14.1. The van der Waals surface area contributed by atoms with E-state index in [0.717, 1.165) is 3.57 Å². The van der Waals surface area contributed by atoms with Crippen molar-refractivity contribution in [1.29, 1.82) is 0 Å². The summed E-state index contributed by atoms with van der Waals surface area (Å²) >= 11 is 7.80. The molecule has 6 heteroatoms. The van der Waals surface area contributed by atoms with E-state index in [-0.39, 0.29) is 24.7 Å². The maximum absolute atomic E-state index is 11.5. The summed E-state index contributed by atoms with van der Waals surface area (Å²) in [6.07, 6.45) is 1.56. The van der Waals surface area contributed by atoms with Crippen LogP contribution < -0.4 is 4.90 Å². The second kappa shape index (κ2) is 4.05. The Balaban J connectivity index is 2.41. The van der Waals surface area contributed by atoms with Crippen LogP contribution in [-0.2, 0) is 9.59 Å². The fraction of sp³-hybridized carbons (Fsp3) is 0.222. The highest BCUT2D eigenvalue weighted by Crippen LogP contribution is 2.27. The third kappa shape index (κ3) is 2.12. The van der Waals surface area contributed by atoms with Crippen LogP contribution in [0.3, 0.4) is 0 Å². The molecule has 1 saturated heterocycles. The Bertz CT molecular complexity index is 450. The number of carbonyl (C=O) groups is 2. The Morgan fingerprint density at radius 1 is 1.47 bits per heavy atom. The van der Waals surface area contributed by atoms with Gasteiger partial charge in [0, 0.05) is 12.3 Å². The van der Waals surface area contributed by atoms with Crippen LogP contribution in [0.15, 0.2) is 12.3 Å². The minimum absolute atomic E-state index is 0.0178. The highest BCUT2D eigenvalue weighted by atomic mass is 127. The number of nitrogens with zero attached hydrogens (tertiary/aromatic N) is 2. The number of Topliss-reactive ketones (excluding diaryl/α,β-unsaturated/α-hetero) is 1. The van der Waals surface area contributed by atoms with Gasteiger partial charge >= 0.3 is 0 Å². The third-order valence-corrected chi connectivity index (χ3v) is 3.11. The predicted octanol–water partition coefficient (Wildman–Crippen LogP) is 1.65. The van der Waals surface area contributed by atoms with E-state index in [4.69, 9.17) is 11.6 Å². The van der Waals surface area contributed by atoms with Gasteiger partial charge in [0.05, 0.1) is 22.2 Å². The summed E-state index contributed by atoms with van der Waals surface area (Å²) in [6, 6.07) is 1.60. The van der Waals surface area contributed by atoms with Crippen molar-refractivity contribution < 1.29 is 9.59 Å². The molecule has 0 saturated carbocycles. The summed E-state index contributed by atoms with van der Waals surface area (Å²) in [6.45, 7) is 0.134. The number of hydrogen-bond donors (Lipinski definition) is 0. The van der Waals surface area contributed by atoms with Crippen molar-refractivity contribution in [2.45, 2.75) is 6.42 Å². The first kappa shape index (κ1) is 10.8. The van der Waals surface area contributed by atoms with Crippen molar-refractivity contribution in [3.8, 4) is 0 Å². The zero-order valence-corrected chi connectivity index (χ0v) is 10.4. The van der Waals surface area contributed by atoms with Crippen LogP contribution in [0.1, 0.15) is 6.42 Å². The van der Waals surface area contributed by atoms with E-state index in [9.17, 15) is 9.59 Å². The maximum atomic E-state index is 11.5. The zero-order chi connectivity index (χ0) is 11.0. The van der Waals surface area contributed by atoms with Crippen molar-refractivity contribution in [3.05, 3.63) is 21.0 Å². The molecule has 0 N–H and O–H groups in total. The molecule has 0 unspecified atom stereocenters. The molecule has 1 aromatic rings. The number of pyridine rings is 1. The molecule has 78 valence electrons. The van der Waals surface area contributed by atoms with Gasteiger partial charge in [0.15, 0.2) is 5.78 Å². The summed E-state index contributed by atoms with van der Waals surface area (Å²) in [7, 11) is 0. The summed E-state index contributed by atoms with van der Waals surface area (Å²) < 4.78 is 0.806. The van der Waals surface area contributed by atoms with Crippen molar-refractivity contribution >= 4 is 51.6 Å². The molecule has 2 rings (SSSR count). The molecule has 1 aliphatic heterocycles. The lowest BCUT2D eigenvalue weighted by molar-refractivity contribution is -0.121. The lowest BCUT2D eigenvalue weighted by Crippen LogP contribution is -2.25. The Labute approximate surface area is 105 Å². The lowest BCUT2D eigenvalue weighted by Gasteiger charge is -2.16. The standard InChI is InChI=1S/C9H6ClIN2O2/c10-8-2-7(6(11)3-12-8)13-4-5(14)1-9(13)15/h2-3H,1,4H2. The number of anilines is 1. The first-order valence-corrected chi connectivity index (χ1v) is 5.66. The zero-order valence-electron chi connectivity index (χ0n) is 7.54. The number of aromatic nitrogens is 1. The molecule has 1 aliphatic rings. The SMILES string of the molecule is O=C1CC(=O)N(c2cc(Cl)ncc2I)C1.